The van der Waals surface area contributed by atoms with Crippen LogP contribution in [0, 0.1) is 13.8 Å². The molecule has 1 aromatic heterocycles. The number of aromatic nitrogens is 2. The molecule has 5 nitrogen and oxygen atoms in total. The molecule has 1 N–H and O–H groups in total. The van der Waals surface area contributed by atoms with Crippen molar-refractivity contribution in [3.05, 3.63) is 52.3 Å². The molecule has 0 amide bonds. The summed E-state index contributed by atoms with van der Waals surface area (Å²) < 4.78 is 1.96. The second-order valence-electron chi connectivity index (χ2n) is 6.70. The Bertz CT molecular complexity index is 759. The second kappa shape index (κ2) is 7.72. The lowest BCUT2D eigenvalue weighted by molar-refractivity contribution is 0.379. The summed E-state index contributed by atoms with van der Waals surface area (Å²) in [6, 6.07) is 8.73. The Hall–Kier alpha value is -2.30. The molecule has 0 spiro atoms. The molecule has 1 aromatic carbocycles. The van der Waals surface area contributed by atoms with Gasteiger partial charge in [0.25, 0.3) is 0 Å². The molecule has 134 valence electrons. The zero-order valence-corrected chi connectivity index (χ0v) is 15.8. The van der Waals surface area contributed by atoms with Gasteiger partial charge in [0.05, 0.1) is 5.69 Å². The van der Waals surface area contributed by atoms with Crippen LogP contribution in [0.25, 0.3) is 0 Å². The number of aliphatic imine (C=N–C) groups is 1. The lowest BCUT2D eigenvalue weighted by Crippen LogP contribution is -2.44. The summed E-state index contributed by atoms with van der Waals surface area (Å²) in [6.07, 6.45) is 2.02. The summed E-state index contributed by atoms with van der Waals surface area (Å²) >= 11 is 0. The third-order valence-electron chi connectivity index (χ3n) is 5.05. The Morgan fingerprint density at radius 1 is 1.24 bits per heavy atom. The number of guanidine groups is 1. The minimum atomic E-state index is 0.786. The van der Waals surface area contributed by atoms with Crippen molar-refractivity contribution in [3.8, 4) is 0 Å². The van der Waals surface area contributed by atoms with Crippen LogP contribution in [0.1, 0.15) is 35.0 Å². The van der Waals surface area contributed by atoms with Gasteiger partial charge in [0, 0.05) is 38.9 Å². The highest BCUT2D eigenvalue weighted by molar-refractivity contribution is 5.80. The molecule has 0 saturated carbocycles. The number of fused-ring (bicyclic) bond motifs is 1. The van der Waals surface area contributed by atoms with Crippen LogP contribution in [0.3, 0.4) is 0 Å². The van der Waals surface area contributed by atoms with Gasteiger partial charge in [-0.2, -0.15) is 5.10 Å². The summed E-state index contributed by atoms with van der Waals surface area (Å²) in [5.74, 6) is 1.02. The first kappa shape index (κ1) is 17.5. The van der Waals surface area contributed by atoms with Gasteiger partial charge in [-0.05, 0) is 50.3 Å². The van der Waals surface area contributed by atoms with E-state index in [9.17, 15) is 0 Å². The highest BCUT2D eigenvalue weighted by atomic mass is 15.3. The largest absolute Gasteiger partial charge is 0.357 e. The van der Waals surface area contributed by atoms with Gasteiger partial charge in [0.1, 0.15) is 0 Å². The van der Waals surface area contributed by atoms with E-state index in [0.29, 0.717) is 0 Å². The highest BCUT2D eigenvalue weighted by Gasteiger charge is 2.18. The molecule has 0 atom stereocenters. The maximum atomic E-state index is 4.89. The predicted octanol–water partition coefficient (Wildman–Crippen LogP) is 2.60. The van der Waals surface area contributed by atoms with Gasteiger partial charge in [-0.15, -0.1) is 0 Å². The van der Waals surface area contributed by atoms with E-state index in [1.807, 2.05) is 11.7 Å². The molecule has 3 rings (SSSR count). The smallest absolute Gasteiger partial charge is 0.194 e. The molecule has 0 fully saturated rings. The van der Waals surface area contributed by atoms with Gasteiger partial charge in [0.15, 0.2) is 5.96 Å². The van der Waals surface area contributed by atoms with Crippen molar-refractivity contribution in [2.45, 2.75) is 40.2 Å². The SMILES string of the molecule is CCNC(=NCCc1c(C)nn(C)c1C)N1CCc2ccccc2C1. The van der Waals surface area contributed by atoms with Crippen LogP contribution in [0.4, 0.5) is 0 Å². The van der Waals surface area contributed by atoms with Gasteiger partial charge < -0.3 is 10.2 Å². The van der Waals surface area contributed by atoms with Crippen LogP contribution in [0.15, 0.2) is 29.3 Å². The van der Waals surface area contributed by atoms with Crippen LogP contribution in [0.5, 0.6) is 0 Å². The van der Waals surface area contributed by atoms with Crippen LogP contribution >= 0.6 is 0 Å². The molecule has 0 aliphatic carbocycles. The van der Waals surface area contributed by atoms with Crippen LogP contribution < -0.4 is 5.32 Å². The topological polar surface area (TPSA) is 45.5 Å². The second-order valence-corrected chi connectivity index (χ2v) is 6.70. The summed E-state index contributed by atoms with van der Waals surface area (Å²) in [7, 11) is 2.00. The molecule has 2 aromatic rings. The highest BCUT2D eigenvalue weighted by Crippen LogP contribution is 2.18. The number of nitrogens with zero attached hydrogens (tertiary/aromatic N) is 4. The molecular weight excluding hydrogens is 310 g/mol. The number of hydrogen-bond donors (Lipinski definition) is 1. The molecule has 0 bridgehead atoms. The lowest BCUT2D eigenvalue weighted by Gasteiger charge is -2.31. The van der Waals surface area contributed by atoms with E-state index in [1.54, 1.807) is 0 Å². The average molecular weight is 339 g/mol. The molecule has 2 heterocycles. The van der Waals surface area contributed by atoms with Gasteiger partial charge >= 0.3 is 0 Å². The Morgan fingerprint density at radius 2 is 2.00 bits per heavy atom. The molecule has 1 aliphatic heterocycles. The van der Waals surface area contributed by atoms with E-state index in [2.05, 4.69) is 60.4 Å². The standard InChI is InChI=1S/C20H29N5/c1-5-21-20(22-12-10-19-15(2)23-24(4)16(19)3)25-13-11-17-8-6-7-9-18(17)14-25/h6-9H,5,10-14H2,1-4H3,(H,21,22). The minimum absolute atomic E-state index is 0.786. The number of rotatable bonds is 4. The van der Waals surface area contributed by atoms with Gasteiger partial charge in [0.2, 0.25) is 0 Å². The molecular formula is C20H29N5. The van der Waals surface area contributed by atoms with Crippen molar-refractivity contribution in [2.24, 2.45) is 12.0 Å². The zero-order chi connectivity index (χ0) is 17.8. The first-order valence-electron chi connectivity index (χ1n) is 9.19. The minimum Gasteiger partial charge on any atom is -0.357 e. The van der Waals surface area contributed by atoms with Gasteiger partial charge in [-0.25, -0.2) is 0 Å². The Balaban J connectivity index is 1.70. The van der Waals surface area contributed by atoms with E-state index in [1.165, 1.54) is 22.4 Å². The molecule has 1 aliphatic rings. The van der Waals surface area contributed by atoms with Gasteiger partial charge in [-0.1, -0.05) is 24.3 Å². The van der Waals surface area contributed by atoms with E-state index in [-0.39, 0.29) is 0 Å². The number of benzene rings is 1. The fourth-order valence-corrected chi connectivity index (χ4v) is 3.56. The normalized spacial score (nSPS) is 14.6. The third kappa shape index (κ3) is 3.86. The molecule has 0 radical (unpaired) electrons. The maximum absolute atomic E-state index is 4.89. The van der Waals surface area contributed by atoms with Crippen molar-refractivity contribution < 1.29 is 0 Å². The Labute approximate surface area is 150 Å². The van der Waals surface area contributed by atoms with E-state index in [0.717, 1.165) is 50.7 Å². The maximum Gasteiger partial charge on any atom is 0.194 e. The summed E-state index contributed by atoms with van der Waals surface area (Å²) in [4.78, 5) is 7.26. The molecule has 5 heteroatoms. The summed E-state index contributed by atoms with van der Waals surface area (Å²) in [5, 5.41) is 7.96. The summed E-state index contributed by atoms with van der Waals surface area (Å²) in [6.45, 7) is 9.98. The zero-order valence-electron chi connectivity index (χ0n) is 15.8. The monoisotopic (exact) mass is 339 g/mol. The van der Waals surface area contributed by atoms with Crippen molar-refractivity contribution in [1.82, 2.24) is 20.0 Å². The van der Waals surface area contributed by atoms with E-state index in [4.69, 9.17) is 4.99 Å². The Kier molecular flexibility index (Phi) is 5.41. The first-order valence-corrected chi connectivity index (χ1v) is 9.19. The van der Waals surface area contributed by atoms with Crippen molar-refractivity contribution >= 4 is 5.96 Å². The van der Waals surface area contributed by atoms with E-state index < -0.39 is 0 Å². The number of nitrogens with one attached hydrogen (secondary N) is 1. The molecule has 25 heavy (non-hydrogen) atoms. The quantitative estimate of drug-likeness (QED) is 0.688. The molecule has 0 unspecified atom stereocenters. The lowest BCUT2D eigenvalue weighted by atomic mass is 10.0. The van der Waals surface area contributed by atoms with Gasteiger partial charge in [-0.3, -0.25) is 9.67 Å². The third-order valence-corrected chi connectivity index (χ3v) is 5.05. The Morgan fingerprint density at radius 3 is 2.68 bits per heavy atom. The van der Waals surface area contributed by atoms with Crippen LogP contribution in [0.2, 0.25) is 0 Å². The molecule has 0 saturated heterocycles. The van der Waals surface area contributed by atoms with Crippen LogP contribution in [-0.4, -0.2) is 40.3 Å². The first-order chi connectivity index (χ1) is 12.1. The van der Waals surface area contributed by atoms with Crippen molar-refractivity contribution in [2.75, 3.05) is 19.6 Å². The van der Waals surface area contributed by atoms with Crippen molar-refractivity contribution in [1.29, 1.82) is 0 Å². The van der Waals surface area contributed by atoms with Crippen molar-refractivity contribution in [3.63, 3.8) is 0 Å². The fourth-order valence-electron chi connectivity index (χ4n) is 3.56. The number of aryl methyl sites for hydroxylation is 2. The number of hydrogen-bond acceptors (Lipinski definition) is 2. The average Bonchev–Trinajstić information content (AvgIpc) is 2.86. The van der Waals surface area contributed by atoms with Crippen LogP contribution in [-0.2, 0) is 26.4 Å². The predicted molar refractivity (Wildman–Crippen MR) is 103 cm³/mol. The van der Waals surface area contributed by atoms with E-state index >= 15 is 0 Å². The fraction of sp³-hybridized carbons (Fsp3) is 0.500. The summed E-state index contributed by atoms with van der Waals surface area (Å²) in [5.41, 5.74) is 6.57.